The first kappa shape index (κ1) is 15.3. The lowest BCUT2D eigenvalue weighted by Gasteiger charge is -2.51. The average molecular weight is 284 g/mol. The minimum Gasteiger partial charge on any atom is -0.456 e. The molecule has 0 radical (unpaired) electrons. The molecule has 0 amide bonds. The van der Waals surface area contributed by atoms with E-state index in [-0.39, 0.29) is 24.0 Å². The van der Waals surface area contributed by atoms with Crippen molar-refractivity contribution in [3.05, 3.63) is 0 Å². The molecule has 20 heavy (non-hydrogen) atoms. The fraction of sp³-hybridized carbons (Fsp3) is 0.867. The molecule has 0 aromatic carbocycles. The third-order valence-corrected chi connectivity index (χ3v) is 4.85. The average Bonchev–Trinajstić information content (AvgIpc) is 2.44. The largest absolute Gasteiger partial charge is 0.456 e. The summed E-state index contributed by atoms with van der Waals surface area (Å²) in [6, 6.07) is 0. The highest BCUT2D eigenvalue weighted by Gasteiger charge is 2.48. The van der Waals surface area contributed by atoms with E-state index >= 15 is 0 Å². The molecule has 3 rings (SSSR count). The van der Waals surface area contributed by atoms with E-state index in [1.807, 2.05) is 13.8 Å². The molecule has 0 spiro atoms. The van der Waals surface area contributed by atoms with Crippen LogP contribution in [0, 0.1) is 11.8 Å². The minimum absolute atomic E-state index is 0.00250. The van der Waals surface area contributed by atoms with E-state index in [1.165, 1.54) is 6.92 Å². The maximum atomic E-state index is 11.8. The van der Waals surface area contributed by atoms with Gasteiger partial charge in [-0.1, -0.05) is 13.8 Å². The molecule has 2 atom stereocenters. The van der Waals surface area contributed by atoms with Gasteiger partial charge < -0.3 is 9.47 Å². The number of fused-ring (bicyclic) bond motifs is 3. The van der Waals surface area contributed by atoms with Gasteiger partial charge in [-0.2, -0.15) is 0 Å². The van der Waals surface area contributed by atoms with E-state index in [1.54, 1.807) is 0 Å². The van der Waals surface area contributed by atoms with Crippen LogP contribution in [0.2, 0.25) is 0 Å². The van der Waals surface area contributed by atoms with Crippen LogP contribution in [-0.4, -0.2) is 48.9 Å². The molecule has 3 fully saturated rings. The van der Waals surface area contributed by atoms with Gasteiger partial charge in [0.2, 0.25) is 6.73 Å². The number of carbonyl (C=O) groups excluding carboxylic acids is 2. The Bertz CT molecular complexity index is 374. The summed E-state index contributed by atoms with van der Waals surface area (Å²) in [6.45, 7) is 8.61. The second-order valence-corrected chi connectivity index (χ2v) is 6.36. The summed E-state index contributed by atoms with van der Waals surface area (Å²) >= 11 is 0. The normalized spacial score (nSPS) is 33.5. The molecule has 0 N–H and O–H groups in total. The van der Waals surface area contributed by atoms with E-state index < -0.39 is 0 Å². The molecule has 0 aromatic heterocycles. The van der Waals surface area contributed by atoms with Crippen LogP contribution in [0.3, 0.4) is 0 Å². The third kappa shape index (κ3) is 3.32. The lowest BCUT2D eigenvalue weighted by atomic mass is 9.83. The number of quaternary nitrogens is 1. The number of hydrogen-bond donors (Lipinski definition) is 0. The van der Waals surface area contributed by atoms with Crippen molar-refractivity contribution >= 4 is 11.9 Å². The summed E-state index contributed by atoms with van der Waals surface area (Å²) in [5.74, 6) is 0.124. The van der Waals surface area contributed by atoms with Gasteiger partial charge in [-0.05, 0) is 6.42 Å². The van der Waals surface area contributed by atoms with Gasteiger partial charge in [0, 0.05) is 25.7 Å². The van der Waals surface area contributed by atoms with Crippen LogP contribution < -0.4 is 0 Å². The standard InChI is InChI=1S/C15H26NO4/c1-4-11(2)15(18)19-10-16-7-5-13(6-8-16)14(9-16)20-12(3)17/h11,13-14H,4-10H2,1-3H3/q+1. The third-order valence-electron chi connectivity index (χ3n) is 4.85. The zero-order valence-corrected chi connectivity index (χ0v) is 12.8. The second kappa shape index (κ2) is 6.12. The van der Waals surface area contributed by atoms with E-state index in [0.29, 0.717) is 12.6 Å². The SMILES string of the molecule is CCC(C)C(=O)OC[N+]12CCC(CC1)C(OC(C)=O)C2. The Morgan fingerprint density at radius 3 is 2.50 bits per heavy atom. The Morgan fingerprint density at radius 1 is 1.30 bits per heavy atom. The van der Waals surface area contributed by atoms with Crippen molar-refractivity contribution in [2.75, 3.05) is 26.4 Å². The van der Waals surface area contributed by atoms with Crippen molar-refractivity contribution in [3.8, 4) is 0 Å². The van der Waals surface area contributed by atoms with Crippen molar-refractivity contribution in [1.82, 2.24) is 0 Å². The summed E-state index contributed by atoms with van der Waals surface area (Å²) in [5.41, 5.74) is 0. The number of hydrogen-bond acceptors (Lipinski definition) is 4. The van der Waals surface area contributed by atoms with Gasteiger partial charge in [0.25, 0.3) is 0 Å². The Balaban J connectivity index is 1.92. The van der Waals surface area contributed by atoms with Gasteiger partial charge in [0.1, 0.15) is 6.54 Å². The monoisotopic (exact) mass is 284 g/mol. The number of esters is 2. The molecule has 2 unspecified atom stereocenters. The predicted molar refractivity (Wildman–Crippen MR) is 73.6 cm³/mol. The summed E-state index contributed by atoms with van der Waals surface area (Å²) in [4.78, 5) is 23.0. The van der Waals surface area contributed by atoms with E-state index in [0.717, 1.165) is 43.4 Å². The zero-order chi connectivity index (χ0) is 14.8. The van der Waals surface area contributed by atoms with Crippen LogP contribution in [0.15, 0.2) is 0 Å². The quantitative estimate of drug-likeness (QED) is 0.569. The number of piperidine rings is 3. The first-order valence-corrected chi connectivity index (χ1v) is 7.65. The summed E-state index contributed by atoms with van der Waals surface area (Å²) in [7, 11) is 0. The lowest BCUT2D eigenvalue weighted by Crippen LogP contribution is -2.65. The number of rotatable bonds is 5. The highest BCUT2D eigenvalue weighted by atomic mass is 16.6. The Kier molecular flexibility index (Phi) is 4.68. The maximum Gasteiger partial charge on any atom is 0.312 e. The molecule has 3 aliphatic rings. The second-order valence-electron chi connectivity index (χ2n) is 6.36. The van der Waals surface area contributed by atoms with Crippen LogP contribution >= 0.6 is 0 Å². The summed E-state index contributed by atoms with van der Waals surface area (Å²) in [6.07, 6.45) is 2.91. The molecule has 0 saturated carbocycles. The maximum absolute atomic E-state index is 11.8. The van der Waals surface area contributed by atoms with E-state index in [4.69, 9.17) is 9.47 Å². The molecule has 0 aliphatic carbocycles. The molecule has 114 valence electrons. The van der Waals surface area contributed by atoms with Gasteiger partial charge in [-0.25, -0.2) is 0 Å². The van der Waals surface area contributed by atoms with Crippen molar-refractivity contribution < 1.29 is 23.5 Å². The van der Waals surface area contributed by atoms with Gasteiger partial charge in [-0.15, -0.1) is 0 Å². The molecule has 2 bridgehead atoms. The first-order chi connectivity index (χ1) is 9.46. The number of nitrogens with zero attached hydrogens (tertiary/aromatic N) is 1. The van der Waals surface area contributed by atoms with E-state index in [2.05, 4.69) is 0 Å². The lowest BCUT2D eigenvalue weighted by molar-refractivity contribution is -0.960. The summed E-state index contributed by atoms with van der Waals surface area (Å²) < 4.78 is 11.7. The van der Waals surface area contributed by atoms with Gasteiger partial charge >= 0.3 is 11.9 Å². The van der Waals surface area contributed by atoms with Gasteiger partial charge in [-0.3, -0.25) is 14.1 Å². The predicted octanol–water partition coefficient (Wildman–Crippen LogP) is 1.71. The minimum atomic E-state index is -0.210. The van der Waals surface area contributed by atoms with E-state index in [9.17, 15) is 9.59 Å². The highest BCUT2D eigenvalue weighted by Crippen LogP contribution is 2.35. The summed E-state index contributed by atoms with van der Waals surface area (Å²) in [5, 5.41) is 0. The first-order valence-electron chi connectivity index (χ1n) is 7.65. The molecular weight excluding hydrogens is 258 g/mol. The molecule has 3 aliphatic heterocycles. The number of ether oxygens (including phenoxy) is 2. The van der Waals surface area contributed by atoms with Crippen LogP contribution in [-0.2, 0) is 19.1 Å². The van der Waals surface area contributed by atoms with Crippen molar-refractivity contribution in [2.24, 2.45) is 11.8 Å². The fourth-order valence-corrected chi connectivity index (χ4v) is 3.26. The topological polar surface area (TPSA) is 52.6 Å². The molecule has 5 heteroatoms. The zero-order valence-electron chi connectivity index (χ0n) is 12.8. The number of carbonyl (C=O) groups is 2. The van der Waals surface area contributed by atoms with Gasteiger partial charge in [0.15, 0.2) is 6.10 Å². The van der Waals surface area contributed by atoms with Gasteiger partial charge in [0.05, 0.1) is 19.0 Å². The molecule has 3 heterocycles. The van der Waals surface area contributed by atoms with Crippen molar-refractivity contribution in [3.63, 3.8) is 0 Å². The van der Waals surface area contributed by atoms with Crippen LogP contribution in [0.25, 0.3) is 0 Å². The van der Waals surface area contributed by atoms with Crippen molar-refractivity contribution in [1.29, 1.82) is 0 Å². The molecular formula is C15H26NO4+. The van der Waals surface area contributed by atoms with Crippen LogP contribution in [0.1, 0.15) is 40.0 Å². The molecule has 5 nitrogen and oxygen atoms in total. The smallest absolute Gasteiger partial charge is 0.312 e. The fourth-order valence-electron chi connectivity index (χ4n) is 3.26. The Labute approximate surface area is 120 Å². The van der Waals surface area contributed by atoms with Crippen LogP contribution in [0.4, 0.5) is 0 Å². The highest BCUT2D eigenvalue weighted by molar-refractivity contribution is 5.71. The molecule has 3 saturated heterocycles. The Morgan fingerprint density at radius 2 is 1.95 bits per heavy atom. The Hall–Kier alpha value is -1.10. The van der Waals surface area contributed by atoms with Crippen LogP contribution in [0.5, 0.6) is 0 Å². The van der Waals surface area contributed by atoms with Crippen molar-refractivity contribution in [2.45, 2.75) is 46.1 Å². The molecule has 0 aromatic rings.